The number of rotatable bonds is 2. The predicted octanol–water partition coefficient (Wildman–Crippen LogP) is 7.20. The van der Waals surface area contributed by atoms with Crippen LogP contribution in [0.3, 0.4) is 0 Å². The number of nitriles is 1. The molecule has 0 saturated heterocycles. The topological polar surface area (TPSA) is 49.6 Å². The molecular weight excluding hydrogens is 398 g/mol. The Morgan fingerprint density at radius 2 is 1.52 bits per heavy atom. The molecule has 6 rings (SSSR count). The minimum atomic E-state index is 0.581. The summed E-state index contributed by atoms with van der Waals surface area (Å²) in [6.07, 6.45) is 3.55. The molecule has 0 amide bonds. The van der Waals surface area contributed by atoms with Gasteiger partial charge in [0.25, 0.3) is 0 Å². The Labute approximate surface area is 182 Å². The summed E-state index contributed by atoms with van der Waals surface area (Å²) in [7, 11) is 0. The third-order valence-electron chi connectivity index (χ3n) is 5.61. The molecule has 3 aromatic carbocycles. The third-order valence-corrected chi connectivity index (χ3v) is 6.73. The minimum Gasteiger partial charge on any atom is -0.255 e. The zero-order valence-electron chi connectivity index (χ0n) is 16.4. The van der Waals surface area contributed by atoms with E-state index in [-0.39, 0.29) is 0 Å². The summed E-state index contributed by atoms with van der Waals surface area (Å²) in [5, 5.41) is 14.3. The summed E-state index contributed by atoms with van der Waals surface area (Å²) in [4.78, 5) is 9.03. The van der Waals surface area contributed by atoms with Gasteiger partial charge in [-0.15, -0.1) is 11.3 Å². The monoisotopic (exact) mass is 413 g/mol. The van der Waals surface area contributed by atoms with Crippen LogP contribution >= 0.6 is 11.3 Å². The lowest BCUT2D eigenvalue weighted by Gasteiger charge is -2.09. The van der Waals surface area contributed by atoms with Gasteiger partial charge in [-0.25, -0.2) is 0 Å². The largest absolute Gasteiger partial charge is 0.255 e. The van der Waals surface area contributed by atoms with E-state index >= 15 is 0 Å². The predicted molar refractivity (Wildman–Crippen MR) is 128 cm³/mol. The van der Waals surface area contributed by atoms with Crippen LogP contribution in [0.2, 0.25) is 0 Å². The molecule has 144 valence electrons. The first-order valence-electron chi connectivity index (χ1n) is 9.98. The average Bonchev–Trinajstić information content (AvgIpc) is 3.22. The molecule has 0 spiro atoms. The van der Waals surface area contributed by atoms with Crippen molar-refractivity contribution < 1.29 is 0 Å². The number of benzene rings is 3. The zero-order chi connectivity index (χ0) is 20.8. The Kier molecular flexibility index (Phi) is 4.02. The quantitative estimate of drug-likeness (QED) is 0.301. The summed E-state index contributed by atoms with van der Waals surface area (Å²) in [5.74, 6) is 0. The van der Waals surface area contributed by atoms with E-state index in [0.29, 0.717) is 11.3 Å². The number of aromatic nitrogens is 2. The van der Waals surface area contributed by atoms with Gasteiger partial charge in [-0.2, -0.15) is 5.26 Å². The van der Waals surface area contributed by atoms with Gasteiger partial charge in [-0.3, -0.25) is 9.97 Å². The second-order valence-electron chi connectivity index (χ2n) is 7.41. The maximum Gasteiger partial charge on any atom is 0.0992 e. The van der Waals surface area contributed by atoms with E-state index in [0.717, 1.165) is 11.3 Å². The summed E-state index contributed by atoms with van der Waals surface area (Å²) in [6.45, 7) is 0. The van der Waals surface area contributed by atoms with Crippen LogP contribution < -0.4 is 0 Å². The normalized spacial score (nSPS) is 11.2. The Bertz CT molecular complexity index is 1640. The molecule has 0 fully saturated rings. The van der Waals surface area contributed by atoms with Crippen LogP contribution in [-0.2, 0) is 0 Å². The van der Waals surface area contributed by atoms with Crippen molar-refractivity contribution in [2.75, 3.05) is 0 Å². The van der Waals surface area contributed by atoms with Crippen molar-refractivity contribution >= 4 is 42.3 Å². The molecule has 0 aliphatic carbocycles. The lowest BCUT2D eigenvalue weighted by Crippen LogP contribution is -1.90. The van der Waals surface area contributed by atoms with E-state index in [1.165, 1.54) is 36.5 Å². The highest BCUT2D eigenvalue weighted by Gasteiger charge is 2.13. The van der Waals surface area contributed by atoms with Crippen molar-refractivity contribution in [2.45, 2.75) is 0 Å². The van der Waals surface area contributed by atoms with E-state index in [1.54, 1.807) is 18.3 Å². The maximum absolute atomic E-state index is 9.14. The van der Waals surface area contributed by atoms with E-state index in [9.17, 15) is 0 Å². The highest BCUT2D eigenvalue weighted by atomic mass is 32.1. The van der Waals surface area contributed by atoms with Gasteiger partial charge < -0.3 is 0 Å². The molecule has 0 N–H and O–H groups in total. The van der Waals surface area contributed by atoms with Crippen LogP contribution in [0, 0.1) is 11.3 Å². The SMILES string of the molecule is N#Cc1ccnc(-c2ccc(-c3cc4sc5ccccc5c4c4ccccc34)cn2)c1. The van der Waals surface area contributed by atoms with E-state index in [4.69, 9.17) is 5.26 Å². The molecule has 6 aromatic rings. The molecule has 3 nitrogen and oxygen atoms in total. The third kappa shape index (κ3) is 2.87. The fourth-order valence-electron chi connectivity index (χ4n) is 4.17. The summed E-state index contributed by atoms with van der Waals surface area (Å²) < 4.78 is 2.58. The number of nitrogens with zero attached hydrogens (tertiary/aromatic N) is 3. The molecule has 31 heavy (non-hydrogen) atoms. The number of hydrogen-bond acceptors (Lipinski definition) is 4. The molecular formula is C27H15N3S. The summed E-state index contributed by atoms with van der Waals surface area (Å²) in [6, 6.07) is 29.1. The molecule has 3 aromatic heterocycles. The average molecular weight is 414 g/mol. The van der Waals surface area contributed by atoms with Crippen molar-refractivity contribution in [3.63, 3.8) is 0 Å². The van der Waals surface area contributed by atoms with Gasteiger partial charge in [0.05, 0.1) is 23.0 Å². The molecule has 0 aliphatic rings. The molecule has 0 unspecified atom stereocenters. The van der Waals surface area contributed by atoms with E-state index in [2.05, 4.69) is 76.7 Å². The van der Waals surface area contributed by atoms with Crippen molar-refractivity contribution in [1.29, 1.82) is 5.26 Å². The van der Waals surface area contributed by atoms with Gasteiger partial charge in [0.1, 0.15) is 0 Å². The van der Waals surface area contributed by atoms with Crippen LogP contribution in [-0.4, -0.2) is 9.97 Å². The smallest absolute Gasteiger partial charge is 0.0992 e. The molecule has 4 heteroatoms. The Morgan fingerprint density at radius 1 is 0.710 bits per heavy atom. The van der Waals surface area contributed by atoms with Crippen LogP contribution in [0.1, 0.15) is 5.56 Å². The van der Waals surface area contributed by atoms with E-state index in [1.807, 2.05) is 23.6 Å². The Hall–Kier alpha value is -4.07. The highest BCUT2D eigenvalue weighted by molar-refractivity contribution is 7.26. The fourth-order valence-corrected chi connectivity index (χ4v) is 5.33. The number of fused-ring (bicyclic) bond motifs is 5. The first-order valence-corrected chi connectivity index (χ1v) is 10.8. The van der Waals surface area contributed by atoms with Crippen molar-refractivity contribution in [3.8, 4) is 28.6 Å². The van der Waals surface area contributed by atoms with E-state index < -0.39 is 0 Å². The van der Waals surface area contributed by atoms with Gasteiger partial charge in [-0.1, -0.05) is 48.5 Å². The standard InChI is InChI=1S/C27H15N3S/c28-15-17-11-12-29-24(13-17)23-10-9-18(16-30-23)22-14-26-27(20-6-2-1-5-19(20)22)21-7-3-4-8-25(21)31-26/h1-14,16H. The molecule has 3 heterocycles. The molecule has 0 radical (unpaired) electrons. The zero-order valence-corrected chi connectivity index (χ0v) is 17.2. The second-order valence-corrected chi connectivity index (χ2v) is 8.50. The Balaban J connectivity index is 1.55. The second kappa shape index (κ2) is 7.02. The van der Waals surface area contributed by atoms with Gasteiger partial charge in [0.15, 0.2) is 0 Å². The van der Waals surface area contributed by atoms with Crippen LogP contribution in [0.25, 0.3) is 53.5 Å². The number of pyridine rings is 2. The molecule has 0 aliphatic heterocycles. The van der Waals surface area contributed by atoms with Crippen LogP contribution in [0.15, 0.2) is 91.3 Å². The first-order chi connectivity index (χ1) is 15.3. The molecule has 0 saturated carbocycles. The van der Waals surface area contributed by atoms with Crippen LogP contribution in [0.4, 0.5) is 0 Å². The van der Waals surface area contributed by atoms with Crippen molar-refractivity contribution in [2.24, 2.45) is 0 Å². The minimum absolute atomic E-state index is 0.581. The van der Waals surface area contributed by atoms with Crippen molar-refractivity contribution in [3.05, 3.63) is 96.8 Å². The Morgan fingerprint density at radius 3 is 2.32 bits per heavy atom. The lowest BCUT2D eigenvalue weighted by molar-refractivity contribution is 1.24. The summed E-state index contributed by atoms with van der Waals surface area (Å²) >= 11 is 1.83. The molecule has 0 bridgehead atoms. The highest BCUT2D eigenvalue weighted by Crippen LogP contribution is 2.42. The van der Waals surface area contributed by atoms with Gasteiger partial charge in [0.2, 0.25) is 0 Å². The lowest BCUT2D eigenvalue weighted by atomic mass is 9.95. The van der Waals surface area contributed by atoms with Gasteiger partial charge >= 0.3 is 0 Å². The fraction of sp³-hybridized carbons (Fsp3) is 0. The van der Waals surface area contributed by atoms with Crippen LogP contribution in [0.5, 0.6) is 0 Å². The van der Waals surface area contributed by atoms with Gasteiger partial charge in [-0.05, 0) is 46.7 Å². The maximum atomic E-state index is 9.14. The van der Waals surface area contributed by atoms with Gasteiger partial charge in [0, 0.05) is 38.1 Å². The number of hydrogen-bond donors (Lipinski definition) is 0. The molecule has 0 atom stereocenters. The summed E-state index contributed by atoms with van der Waals surface area (Å²) in [5.41, 5.74) is 4.28. The first kappa shape index (κ1) is 17.8. The van der Waals surface area contributed by atoms with Crippen molar-refractivity contribution in [1.82, 2.24) is 9.97 Å². The number of thiophene rings is 1.